The van der Waals surface area contributed by atoms with Crippen LogP contribution in [0.15, 0.2) is 51.7 Å². The predicted octanol–water partition coefficient (Wildman–Crippen LogP) is 5.02. The van der Waals surface area contributed by atoms with Crippen LogP contribution in [-0.4, -0.2) is 19.6 Å². The summed E-state index contributed by atoms with van der Waals surface area (Å²) < 4.78 is 2.42. The van der Waals surface area contributed by atoms with E-state index in [4.69, 9.17) is 0 Å². The quantitative estimate of drug-likeness (QED) is 0.410. The summed E-state index contributed by atoms with van der Waals surface area (Å²) in [5.74, 6) is 0.569. The zero-order valence-electron chi connectivity index (χ0n) is 17.2. The molecule has 6 nitrogen and oxygen atoms in total. The van der Waals surface area contributed by atoms with Crippen molar-refractivity contribution in [3.63, 3.8) is 0 Å². The number of nitrogens with one attached hydrogen (secondary N) is 1. The van der Waals surface area contributed by atoms with E-state index in [0.717, 1.165) is 39.3 Å². The Balaban J connectivity index is 1.49. The maximum atomic E-state index is 12.4. The molecule has 0 aliphatic carbocycles. The minimum Gasteiger partial charge on any atom is -0.330 e. The number of aryl methyl sites for hydroxylation is 3. The molecule has 0 aliphatic rings. The second kappa shape index (κ2) is 8.97. The molecule has 0 radical (unpaired) electrons. The Morgan fingerprint density at radius 1 is 1.10 bits per heavy atom. The Bertz CT molecular complexity index is 1230. The molecule has 154 valence electrons. The van der Waals surface area contributed by atoms with Crippen LogP contribution in [0, 0.1) is 6.92 Å². The number of nitrogens with zero attached hydrogens (tertiary/aromatic N) is 4. The van der Waals surface area contributed by atoms with Gasteiger partial charge < -0.3 is 5.32 Å². The van der Waals surface area contributed by atoms with Gasteiger partial charge >= 0.3 is 0 Å². The molecule has 0 fully saturated rings. The van der Waals surface area contributed by atoms with Gasteiger partial charge in [0.15, 0.2) is 4.34 Å². The van der Waals surface area contributed by atoms with Gasteiger partial charge in [0, 0.05) is 23.7 Å². The monoisotopic (exact) mass is 437 g/mol. The molecule has 3 aromatic heterocycles. The van der Waals surface area contributed by atoms with Gasteiger partial charge in [-0.05, 0) is 42.5 Å². The number of para-hydroxylation sites is 1. The van der Waals surface area contributed by atoms with Crippen LogP contribution in [0.5, 0.6) is 0 Å². The zero-order chi connectivity index (χ0) is 21.1. The lowest BCUT2D eigenvalue weighted by atomic mass is 10.0. The highest BCUT2D eigenvalue weighted by Gasteiger charge is 2.11. The van der Waals surface area contributed by atoms with Gasteiger partial charge in [0.1, 0.15) is 5.65 Å². The molecule has 0 aliphatic heterocycles. The summed E-state index contributed by atoms with van der Waals surface area (Å²) >= 11 is 3.05. The standard InChI is InChI=1S/C22H23N5OS2/c1-4-15-7-6-8-16(5-2)20(15)24-21-25-26-22(30-21)29-13-17-11-19(28)27-12-14(3)9-10-18(27)23-17/h6-12H,4-5,13H2,1-3H3,(H,24,25). The molecule has 30 heavy (non-hydrogen) atoms. The second-order valence-electron chi connectivity index (χ2n) is 6.97. The van der Waals surface area contributed by atoms with Gasteiger partial charge in [-0.3, -0.25) is 9.20 Å². The van der Waals surface area contributed by atoms with Gasteiger partial charge in [-0.15, -0.1) is 10.2 Å². The Hall–Kier alpha value is -2.71. The molecule has 8 heteroatoms. The molecule has 0 bridgehead atoms. The number of hydrogen-bond acceptors (Lipinski definition) is 7. The van der Waals surface area contributed by atoms with Crippen molar-refractivity contribution in [2.24, 2.45) is 0 Å². The second-order valence-corrected chi connectivity index (χ2v) is 9.17. The molecule has 4 rings (SSSR count). The minimum atomic E-state index is -0.0674. The van der Waals surface area contributed by atoms with E-state index in [0.29, 0.717) is 11.4 Å². The van der Waals surface area contributed by atoms with E-state index in [1.54, 1.807) is 10.5 Å². The number of rotatable bonds is 7. The Morgan fingerprint density at radius 3 is 2.60 bits per heavy atom. The lowest BCUT2D eigenvalue weighted by Gasteiger charge is -2.13. The molecular weight excluding hydrogens is 414 g/mol. The average molecular weight is 438 g/mol. The third kappa shape index (κ3) is 4.39. The molecule has 0 saturated carbocycles. The lowest BCUT2D eigenvalue weighted by molar-refractivity contribution is 0.994. The van der Waals surface area contributed by atoms with E-state index in [9.17, 15) is 4.79 Å². The molecule has 0 spiro atoms. The highest BCUT2D eigenvalue weighted by atomic mass is 32.2. The van der Waals surface area contributed by atoms with Crippen molar-refractivity contribution in [1.29, 1.82) is 0 Å². The first-order chi connectivity index (χ1) is 14.6. The van der Waals surface area contributed by atoms with E-state index in [1.165, 1.54) is 34.2 Å². The number of pyridine rings is 1. The molecule has 3 heterocycles. The fraction of sp³-hybridized carbons (Fsp3) is 0.273. The highest BCUT2D eigenvalue weighted by molar-refractivity contribution is 8.00. The Labute approximate surface area is 183 Å². The van der Waals surface area contributed by atoms with Crippen LogP contribution < -0.4 is 10.9 Å². The van der Waals surface area contributed by atoms with Crippen LogP contribution in [0.4, 0.5) is 10.8 Å². The van der Waals surface area contributed by atoms with E-state index in [-0.39, 0.29) is 5.56 Å². The molecule has 0 saturated heterocycles. The number of hydrogen-bond donors (Lipinski definition) is 1. The largest absolute Gasteiger partial charge is 0.330 e. The molecule has 1 aromatic carbocycles. The summed E-state index contributed by atoms with van der Waals surface area (Å²) in [6.45, 7) is 6.27. The maximum Gasteiger partial charge on any atom is 0.258 e. The van der Waals surface area contributed by atoms with Crippen molar-refractivity contribution < 1.29 is 0 Å². The smallest absolute Gasteiger partial charge is 0.258 e. The van der Waals surface area contributed by atoms with Crippen molar-refractivity contribution in [1.82, 2.24) is 19.6 Å². The summed E-state index contributed by atoms with van der Waals surface area (Å²) in [6.07, 6.45) is 3.72. The predicted molar refractivity (Wildman–Crippen MR) is 124 cm³/mol. The first-order valence-corrected chi connectivity index (χ1v) is 11.7. The van der Waals surface area contributed by atoms with Crippen molar-refractivity contribution in [3.8, 4) is 0 Å². The van der Waals surface area contributed by atoms with Crippen molar-refractivity contribution in [3.05, 3.63) is 75.3 Å². The molecule has 4 aromatic rings. The third-order valence-corrected chi connectivity index (χ3v) is 6.85. The van der Waals surface area contributed by atoms with E-state index in [1.807, 2.05) is 25.3 Å². The maximum absolute atomic E-state index is 12.4. The number of benzene rings is 1. The summed E-state index contributed by atoms with van der Waals surface area (Å²) in [5.41, 5.74) is 6.04. The SMILES string of the molecule is CCc1cccc(CC)c1Nc1nnc(SCc2cc(=O)n3cc(C)ccc3n2)s1. The van der Waals surface area contributed by atoms with Crippen LogP contribution in [0.1, 0.15) is 36.2 Å². The Kier molecular flexibility index (Phi) is 6.15. The number of thioether (sulfide) groups is 1. The van der Waals surface area contributed by atoms with Crippen LogP contribution in [0.2, 0.25) is 0 Å². The number of fused-ring (bicyclic) bond motifs is 1. The van der Waals surface area contributed by atoms with E-state index < -0.39 is 0 Å². The molecule has 0 atom stereocenters. The summed E-state index contributed by atoms with van der Waals surface area (Å²) in [7, 11) is 0. The number of aromatic nitrogens is 4. The van der Waals surface area contributed by atoms with Crippen molar-refractivity contribution in [2.45, 2.75) is 43.7 Å². The fourth-order valence-electron chi connectivity index (χ4n) is 3.30. The summed E-state index contributed by atoms with van der Waals surface area (Å²) in [6, 6.07) is 11.8. The first kappa shape index (κ1) is 20.6. The third-order valence-electron chi connectivity index (χ3n) is 4.84. The van der Waals surface area contributed by atoms with Gasteiger partial charge in [-0.2, -0.15) is 0 Å². The topological polar surface area (TPSA) is 72.2 Å². The van der Waals surface area contributed by atoms with Crippen molar-refractivity contribution in [2.75, 3.05) is 5.32 Å². The normalized spacial score (nSPS) is 11.2. The molecule has 0 amide bonds. The van der Waals surface area contributed by atoms with Gasteiger partial charge in [0.05, 0.1) is 5.69 Å². The van der Waals surface area contributed by atoms with Gasteiger partial charge in [0.2, 0.25) is 5.13 Å². The summed E-state index contributed by atoms with van der Waals surface area (Å²) in [4.78, 5) is 17.0. The number of anilines is 2. The fourth-order valence-corrected chi connectivity index (χ4v) is 4.95. The highest BCUT2D eigenvalue weighted by Crippen LogP contribution is 2.32. The van der Waals surface area contributed by atoms with Crippen LogP contribution in [-0.2, 0) is 18.6 Å². The van der Waals surface area contributed by atoms with E-state index >= 15 is 0 Å². The molecule has 1 N–H and O–H groups in total. The summed E-state index contributed by atoms with van der Waals surface area (Å²) in [5, 5.41) is 12.8. The zero-order valence-corrected chi connectivity index (χ0v) is 18.8. The Morgan fingerprint density at radius 2 is 1.87 bits per heavy atom. The van der Waals surface area contributed by atoms with E-state index in [2.05, 4.69) is 52.5 Å². The van der Waals surface area contributed by atoms with Gasteiger partial charge in [0.25, 0.3) is 5.56 Å². The van der Waals surface area contributed by atoms with Gasteiger partial charge in [-0.1, -0.05) is 61.2 Å². The van der Waals surface area contributed by atoms with Crippen LogP contribution in [0.3, 0.4) is 0 Å². The average Bonchev–Trinajstić information content (AvgIpc) is 3.20. The molecule has 0 unspecified atom stereocenters. The lowest BCUT2D eigenvalue weighted by Crippen LogP contribution is -2.15. The van der Waals surface area contributed by atoms with Crippen LogP contribution in [0.25, 0.3) is 5.65 Å². The first-order valence-electron chi connectivity index (χ1n) is 9.90. The van der Waals surface area contributed by atoms with Gasteiger partial charge in [-0.25, -0.2) is 4.98 Å². The van der Waals surface area contributed by atoms with Crippen molar-refractivity contribution >= 4 is 39.6 Å². The minimum absolute atomic E-state index is 0.0674. The van der Waals surface area contributed by atoms with Crippen LogP contribution >= 0.6 is 23.1 Å². The molecular formula is C22H23N5OS2.